The predicted molar refractivity (Wildman–Crippen MR) is 100 cm³/mol. The quantitative estimate of drug-likeness (QED) is 0.257. The van der Waals surface area contributed by atoms with Crippen molar-refractivity contribution in [1.29, 1.82) is 0 Å². The summed E-state index contributed by atoms with van der Waals surface area (Å²) in [5.74, 6) is -0.377. The van der Waals surface area contributed by atoms with E-state index in [1.165, 1.54) is 0 Å². The van der Waals surface area contributed by atoms with Crippen LogP contribution in [-0.4, -0.2) is 25.8 Å². The average molecular weight is 394 g/mol. The smallest absolute Gasteiger partial charge is 0.414 e. The average Bonchev–Trinajstić information content (AvgIpc) is 2.71. The molecule has 0 unspecified atom stereocenters. The molecule has 0 amide bonds. The van der Waals surface area contributed by atoms with E-state index >= 15 is 0 Å². The molecule has 0 N–H and O–H groups in total. The van der Waals surface area contributed by atoms with Crippen LogP contribution in [0.25, 0.3) is 11.1 Å². The normalized spacial score (nSPS) is 11.4. The van der Waals surface area contributed by atoms with Crippen molar-refractivity contribution in [3.63, 3.8) is 0 Å². The molecule has 0 aromatic heterocycles. The van der Waals surface area contributed by atoms with Crippen LogP contribution in [0.5, 0.6) is 0 Å². The number of esters is 1. The van der Waals surface area contributed by atoms with E-state index in [9.17, 15) is 9.36 Å². The second-order valence-electron chi connectivity index (χ2n) is 5.31. The summed E-state index contributed by atoms with van der Waals surface area (Å²) in [5, 5.41) is 0.288. The van der Waals surface area contributed by atoms with Crippen LogP contribution in [-0.2, 0) is 28.4 Å². The van der Waals surface area contributed by atoms with Gasteiger partial charge in [0, 0.05) is 0 Å². The second kappa shape index (κ2) is 10.3. The van der Waals surface area contributed by atoms with E-state index in [0.717, 1.165) is 11.1 Å². The highest BCUT2D eigenvalue weighted by atomic mass is 31.2. The minimum absolute atomic E-state index is 0.203. The van der Waals surface area contributed by atoms with Crippen molar-refractivity contribution in [2.45, 2.75) is 20.8 Å². The lowest BCUT2D eigenvalue weighted by atomic mass is 10.0. The van der Waals surface area contributed by atoms with Gasteiger partial charge in [0.2, 0.25) is 0 Å². The molecule has 0 radical (unpaired) electrons. The lowest BCUT2D eigenvalue weighted by Gasteiger charge is -2.16. The number of benzene rings is 2. The van der Waals surface area contributed by atoms with Crippen LogP contribution < -0.4 is 5.30 Å². The maximum absolute atomic E-state index is 13.0. The number of hydrogen-bond donors (Lipinski definition) is 0. The van der Waals surface area contributed by atoms with Gasteiger partial charge in [-0.05, 0) is 56.2 Å². The fourth-order valence-electron chi connectivity index (χ4n) is 2.21. The molecule has 0 aliphatic carbocycles. The van der Waals surface area contributed by atoms with Gasteiger partial charge in [0.1, 0.15) is 0 Å². The van der Waals surface area contributed by atoms with Crippen LogP contribution in [0, 0.1) is 0 Å². The van der Waals surface area contributed by atoms with Gasteiger partial charge in [-0.15, -0.1) is 9.35 Å². The van der Waals surface area contributed by atoms with E-state index in [2.05, 4.69) is 0 Å². The van der Waals surface area contributed by atoms with E-state index in [-0.39, 0.29) is 24.5 Å². The van der Waals surface area contributed by atoms with Crippen LogP contribution >= 0.6 is 7.60 Å². The zero-order valence-electron chi connectivity index (χ0n) is 15.5. The Balaban J connectivity index is 2.29. The Bertz CT molecular complexity index is 777. The molecule has 0 atom stereocenters. The molecule has 2 rings (SSSR count). The molecule has 0 aliphatic rings. The Morgan fingerprint density at radius 3 is 2.04 bits per heavy atom. The first kappa shape index (κ1) is 21.3. The monoisotopic (exact) mass is 394 g/mol. The van der Waals surface area contributed by atoms with Crippen LogP contribution in [0.4, 0.5) is 0 Å². The standard InChI is InChI=1S/C19H23O7P/c1-4-22-19(20)16-12-10-15(11-13-16)17-8-7-9-18(14-17)27(21,25-23-5-2)26-24-6-3/h7-14H,4-6H2,1-3H3. The largest absolute Gasteiger partial charge is 0.462 e. The number of ether oxygens (including phenoxy) is 1. The number of carbonyl (C=O) groups excluding carboxylic acids is 1. The van der Waals surface area contributed by atoms with Gasteiger partial charge in [-0.2, -0.15) is 0 Å². The summed E-state index contributed by atoms with van der Waals surface area (Å²) in [6.45, 7) is 5.88. The minimum atomic E-state index is -3.80. The van der Waals surface area contributed by atoms with Crippen LogP contribution in [0.3, 0.4) is 0 Å². The van der Waals surface area contributed by atoms with Crippen molar-refractivity contribution in [2.75, 3.05) is 19.8 Å². The third-order valence-electron chi connectivity index (χ3n) is 3.43. The zero-order chi connectivity index (χ0) is 19.7. The minimum Gasteiger partial charge on any atom is -0.462 e. The van der Waals surface area contributed by atoms with Crippen molar-refractivity contribution < 1.29 is 33.2 Å². The summed E-state index contributed by atoms with van der Waals surface area (Å²) in [6.07, 6.45) is 0. The topological polar surface area (TPSA) is 80.3 Å². The van der Waals surface area contributed by atoms with E-state index in [0.29, 0.717) is 12.2 Å². The fourth-order valence-corrected chi connectivity index (χ4v) is 3.46. The molecule has 0 saturated carbocycles. The summed E-state index contributed by atoms with van der Waals surface area (Å²) in [7, 11) is -3.80. The highest BCUT2D eigenvalue weighted by Gasteiger charge is 2.31. The van der Waals surface area contributed by atoms with Crippen molar-refractivity contribution >= 4 is 18.9 Å². The SMILES string of the molecule is CCOOP(=O)(OOCC)c1cccc(-c2ccc(C(=O)OCC)cc2)c1. The van der Waals surface area contributed by atoms with E-state index < -0.39 is 7.60 Å². The maximum atomic E-state index is 13.0. The first-order valence-electron chi connectivity index (χ1n) is 8.64. The van der Waals surface area contributed by atoms with E-state index in [4.69, 9.17) is 23.9 Å². The summed E-state index contributed by atoms with van der Waals surface area (Å²) in [4.78, 5) is 21.4. The van der Waals surface area contributed by atoms with Gasteiger partial charge in [0.15, 0.2) is 0 Å². The van der Waals surface area contributed by atoms with Gasteiger partial charge in [-0.25, -0.2) is 19.1 Å². The van der Waals surface area contributed by atoms with Gasteiger partial charge in [-0.1, -0.05) is 24.3 Å². The molecule has 27 heavy (non-hydrogen) atoms. The number of carbonyl (C=O) groups is 1. The Morgan fingerprint density at radius 2 is 1.48 bits per heavy atom. The molecule has 0 heterocycles. The van der Waals surface area contributed by atoms with Gasteiger partial charge >= 0.3 is 13.6 Å². The van der Waals surface area contributed by atoms with Crippen molar-refractivity contribution in [3.05, 3.63) is 54.1 Å². The molecule has 0 bridgehead atoms. The van der Waals surface area contributed by atoms with Crippen LogP contribution in [0.2, 0.25) is 0 Å². The van der Waals surface area contributed by atoms with Gasteiger partial charge < -0.3 is 4.74 Å². The third kappa shape index (κ3) is 5.73. The third-order valence-corrected chi connectivity index (χ3v) is 4.94. The Hall–Kier alpha value is -2.02. The molecule has 0 saturated heterocycles. The zero-order valence-corrected chi connectivity index (χ0v) is 16.4. The number of hydrogen-bond acceptors (Lipinski definition) is 7. The Morgan fingerprint density at radius 1 is 0.852 bits per heavy atom. The first-order valence-corrected chi connectivity index (χ1v) is 10.2. The highest BCUT2D eigenvalue weighted by molar-refractivity contribution is 7.62. The van der Waals surface area contributed by atoms with Crippen LogP contribution in [0.1, 0.15) is 31.1 Å². The molecule has 2 aromatic carbocycles. The van der Waals surface area contributed by atoms with Crippen LogP contribution in [0.15, 0.2) is 48.5 Å². The molecule has 0 spiro atoms. The summed E-state index contributed by atoms with van der Waals surface area (Å²) < 4.78 is 27.9. The van der Waals surface area contributed by atoms with Gasteiger partial charge in [0.05, 0.1) is 30.7 Å². The molecule has 7 nitrogen and oxygen atoms in total. The molecule has 0 aliphatic heterocycles. The lowest BCUT2D eigenvalue weighted by molar-refractivity contribution is -0.260. The van der Waals surface area contributed by atoms with Gasteiger partial charge in [0.25, 0.3) is 0 Å². The summed E-state index contributed by atoms with van der Waals surface area (Å²) >= 11 is 0. The number of rotatable bonds is 10. The molecule has 8 heteroatoms. The van der Waals surface area contributed by atoms with Crippen molar-refractivity contribution in [1.82, 2.24) is 0 Å². The highest BCUT2D eigenvalue weighted by Crippen LogP contribution is 2.48. The predicted octanol–water partition coefficient (Wildman–Crippen LogP) is 4.28. The summed E-state index contributed by atoms with van der Waals surface area (Å²) in [6, 6.07) is 13.7. The van der Waals surface area contributed by atoms with E-state index in [1.807, 2.05) is 6.07 Å². The van der Waals surface area contributed by atoms with Crippen molar-refractivity contribution in [2.24, 2.45) is 0 Å². The van der Waals surface area contributed by atoms with E-state index in [1.54, 1.807) is 63.2 Å². The molecule has 146 valence electrons. The summed E-state index contributed by atoms with van der Waals surface area (Å²) in [5.41, 5.74) is 2.05. The Labute approximate surface area is 158 Å². The molecule has 0 fully saturated rings. The fraction of sp³-hybridized carbons (Fsp3) is 0.316. The molecular weight excluding hydrogens is 371 g/mol. The van der Waals surface area contributed by atoms with Crippen molar-refractivity contribution in [3.8, 4) is 11.1 Å². The first-order chi connectivity index (χ1) is 13.0. The second-order valence-corrected chi connectivity index (χ2v) is 7.12. The maximum Gasteiger partial charge on any atom is 0.414 e. The Kier molecular flexibility index (Phi) is 8.16. The van der Waals surface area contributed by atoms with Gasteiger partial charge in [-0.3, -0.25) is 0 Å². The lowest BCUT2D eigenvalue weighted by Crippen LogP contribution is -2.11. The molecular formula is C19H23O7P. The molecule has 2 aromatic rings.